The quantitative estimate of drug-likeness (QED) is 0.406. The van der Waals surface area contributed by atoms with Crippen LogP contribution in [0.4, 0.5) is 0 Å². The molecule has 4 heterocycles. The molecule has 1 aromatic heterocycles. The standard InChI is InChI=1S/C35H46N6O3/c1-3-29-25-40(33(43)34(16-8-9-17-34)26-11-6-5-7-12-26)21-22-41(29)30-14-18-35(44-4-2,27-13-10-19-36-23-27)39-31(30)32(42)38-28-15-20-37-24-28/h5-7,10-14,18-19,23,28-29,37,39H,3-4,8-9,15-17,20-22,24-25H2,1-2H3,(H,38,42)/t28-,29-,35?/m1/s1. The van der Waals surface area contributed by atoms with E-state index < -0.39 is 11.1 Å². The fourth-order valence-electron chi connectivity index (χ4n) is 7.54. The molecule has 0 spiro atoms. The van der Waals surface area contributed by atoms with E-state index >= 15 is 0 Å². The molecule has 1 aromatic carbocycles. The summed E-state index contributed by atoms with van der Waals surface area (Å²) in [5.74, 6) is 0.109. The van der Waals surface area contributed by atoms with Crippen LogP contribution in [0.5, 0.6) is 0 Å². The first-order valence-corrected chi connectivity index (χ1v) is 16.4. The molecule has 2 aromatic rings. The molecule has 44 heavy (non-hydrogen) atoms. The molecule has 234 valence electrons. The van der Waals surface area contributed by atoms with Gasteiger partial charge in [-0.05, 0) is 62.9 Å². The number of ether oxygens (including phenoxy) is 1. The second-order valence-electron chi connectivity index (χ2n) is 12.5. The number of amides is 2. The van der Waals surface area contributed by atoms with E-state index in [2.05, 4.69) is 49.8 Å². The maximum absolute atomic E-state index is 14.3. The summed E-state index contributed by atoms with van der Waals surface area (Å²) in [5, 5.41) is 10.1. The van der Waals surface area contributed by atoms with Crippen LogP contribution in [0.2, 0.25) is 0 Å². The Hall–Kier alpha value is -3.69. The van der Waals surface area contributed by atoms with E-state index in [1.165, 1.54) is 0 Å². The molecule has 3 N–H and O–H groups in total. The van der Waals surface area contributed by atoms with Gasteiger partial charge in [-0.25, -0.2) is 0 Å². The van der Waals surface area contributed by atoms with Crippen molar-refractivity contribution in [2.45, 2.75) is 75.6 Å². The van der Waals surface area contributed by atoms with Crippen molar-refractivity contribution in [2.75, 3.05) is 39.3 Å². The number of dihydropyridines is 1. The summed E-state index contributed by atoms with van der Waals surface area (Å²) in [7, 11) is 0. The number of pyridine rings is 1. The number of hydrogen-bond donors (Lipinski definition) is 3. The Kier molecular flexibility index (Phi) is 9.05. The number of allylic oxidation sites excluding steroid dienone is 1. The molecule has 1 aliphatic carbocycles. The predicted octanol–water partition coefficient (Wildman–Crippen LogP) is 3.55. The molecular formula is C35H46N6O3. The molecule has 3 aliphatic heterocycles. The Morgan fingerprint density at radius 3 is 2.55 bits per heavy atom. The molecule has 1 unspecified atom stereocenters. The number of carbonyl (C=O) groups excluding carboxylic acids is 2. The predicted molar refractivity (Wildman–Crippen MR) is 170 cm³/mol. The number of rotatable bonds is 9. The summed E-state index contributed by atoms with van der Waals surface area (Å²) < 4.78 is 6.32. The van der Waals surface area contributed by atoms with Gasteiger partial charge in [0, 0.05) is 62.8 Å². The minimum atomic E-state index is -1.02. The third-order valence-electron chi connectivity index (χ3n) is 9.87. The van der Waals surface area contributed by atoms with E-state index in [0.717, 1.165) is 68.4 Å². The Balaban J connectivity index is 1.30. The summed E-state index contributed by atoms with van der Waals surface area (Å²) in [6.45, 7) is 8.10. The third-order valence-corrected chi connectivity index (χ3v) is 9.87. The van der Waals surface area contributed by atoms with E-state index in [0.29, 0.717) is 31.9 Å². The number of hydrogen-bond acceptors (Lipinski definition) is 7. The van der Waals surface area contributed by atoms with Crippen LogP contribution in [-0.2, 0) is 25.5 Å². The molecular weight excluding hydrogens is 552 g/mol. The minimum Gasteiger partial charge on any atom is -0.363 e. The lowest BCUT2D eigenvalue weighted by atomic mass is 9.77. The number of piperazine rings is 1. The number of nitrogens with zero attached hydrogens (tertiary/aromatic N) is 3. The van der Waals surface area contributed by atoms with Gasteiger partial charge in [-0.2, -0.15) is 0 Å². The second-order valence-corrected chi connectivity index (χ2v) is 12.5. The normalized spacial score (nSPS) is 26.5. The van der Waals surface area contributed by atoms with Crippen molar-refractivity contribution in [1.29, 1.82) is 0 Å². The lowest BCUT2D eigenvalue weighted by molar-refractivity contribution is -0.140. The van der Waals surface area contributed by atoms with Gasteiger partial charge in [-0.3, -0.25) is 14.6 Å². The Labute approximate surface area is 261 Å². The molecule has 2 amide bonds. The van der Waals surface area contributed by atoms with Gasteiger partial charge in [0.05, 0.1) is 11.1 Å². The van der Waals surface area contributed by atoms with Gasteiger partial charge in [-0.1, -0.05) is 56.2 Å². The molecule has 6 rings (SSSR count). The van der Waals surface area contributed by atoms with Crippen molar-refractivity contribution >= 4 is 11.8 Å². The SMILES string of the molecule is CCOC1(c2cccnc2)C=CC(N2CCN(C(=O)C3(c4ccccc4)CCCC3)C[C@H]2CC)=C(C(=O)N[C@@H]2CCNC2)N1. The molecule has 3 fully saturated rings. The first-order chi connectivity index (χ1) is 21.5. The maximum atomic E-state index is 14.3. The van der Waals surface area contributed by atoms with E-state index in [9.17, 15) is 9.59 Å². The van der Waals surface area contributed by atoms with Gasteiger partial charge >= 0.3 is 0 Å². The van der Waals surface area contributed by atoms with Crippen LogP contribution in [0.15, 0.2) is 78.4 Å². The molecule has 3 atom stereocenters. The van der Waals surface area contributed by atoms with Crippen molar-refractivity contribution in [2.24, 2.45) is 0 Å². The van der Waals surface area contributed by atoms with Crippen molar-refractivity contribution < 1.29 is 14.3 Å². The highest BCUT2D eigenvalue weighted by atomic mass is 16.5. The number of nitrogens with one attached hydrogen (secondary N) is 3. The van der Waals surface area contributed by atoms with E-state index in [1.54, 1.807) is 12.4 Å². The fourth-order valence-corrected chi connectivity index (χ4v) is 7.54. The number of aromatic nitrogens is 1. The topological polar surface area (TPSA) is 98.8 Å². The molecule has 1 saturated carbocycles. The molecule has 9 nitrogen and oxygen atoms in total. The van der Waals surface area contributed by atoms with Crippen LogP contribution in [-0.4, -0.2) is 78.0 Å². The average Bonchev–Trinajstić information content (AvgIpc) is 3.79. The van der Waals surface area contributed by atoms with E-state index in [1.807, 2.05) is 49.4 Å². The minimum absolute atomic E-state index is 0.0670. The zero-order valence-corrected chi connectivity index (χ0v) is 26.1. The first-order valence-electron chi connectivity index (χ1n) is 16.4. The number of carbonyl (C=O) groups is 2. The van der Waals surface area contributed by atoms with Gasteiger partial charge < -0.3 is 30.5 Å². The zero-order chi connectivity index (χ0) is 30.6. The smallest absolute Gasteiger partial charge is 0.269 e. The van der Waals surface area contributed by atoms with Crippen molar-refractivity contribution in [3.05, 3.63) is 89.5 Å². The van der Waals surface area contributed by atoms with Gasteiger partial charge in [0.1, 0.15) is 5.70 Å². The van der Waals surface area contributed by atoms with Crippen LogP contribution in [0, 0.1) is 0 Å². The highest BCUT2D eigenvalue weighted by molar-refractivity contribution is 5.95. The summed E-state index contributed by atoms with van der Waals surface area (Å²) in [6, 6.07) is 14.3. The zero-order valence-electron chi connectivity index (χ0n) is 26.1. The van der Waals surface area contributed by atoms with Crippen molar-refractivity contribution in [1.82, 2.24) is 30.7 Å². The van der Waals surface area contributed by atoms with Crippen LogP contribution >= 0.6 is 0 Å². The van der Waals surface area contributed by atoms with Crippen molar-refractivity contribution in [3.8, 4) is 0 Å². The maximum Gasteiger partial charge on any atom is 0.269 e. The monoisotopic (exact) mass is 598 g/mol. The van der Waals surface area contributed by atoms with Crippen LogP contribution in [0.3, 0.4) is 0 Å². The van der Waals surface area contributed by atoms with Gasteiger partial charge in [0.25, 0.3) is 5.91 Å². The third kappa shape index (κ3) is 5.75. The van der Waals surface area contributed by atoms with Gasteiger partial charge in [0.2, 0.25) is 5.91 Å². The Morgan fingerprint density at radius 1 is 1.07 bits per heavy atom. The molecule has 0 radical (unpaired) electrons. The van der Waals surface area contributed by atoms with Gasteiger partial charge in [-0.15, -0.1) is 0 Å². The lowest BCUT2D eigenvalue weighted by Crippen LogP contribution is -2.59. The average molecular weight is 599 g/mol. The molecule has 9 heteroatoms. The van der Waals surface area contributed by atoms with E-state index in [4.69, 9.17) is 4.74 Å². The first kappa shape index (κ1) is 30.3. The molecule has 0 bridgehead atoms. The van der Waals surface area contributed by atoms with Crippen LogP contribution in [0.25, 0.3) is 0 Å². The van der Waals surface area contributed by atoms with Crippen molar-refractivity contribution in [3.63, 3.8) is 0 Å². The fraction of sp³-hybridized carbons (Fsp3) is 0.514. The van der Waals surface area contributed by atoms with Gasteiger partial charge in [0.15, 0.2) is 5.72 Å². The lowest BCUT2D eigenvalue weighted by Gasteiger charge is -2.47. The van der Waals surface area contributed by atoms with Crippen LogP contribution in [0.1, 0.15) is 63.5 Å². The van der Waals surface area contributed by atoms with E-state index in [-0.39, 0.29) is 23.9 Å². The molecule has 2 saturated heterocycles. The molecule has 4 aliphatic rings. The Bertz CT molecular complexity index is 1370. The summed E-state index contributed by atoms with van der Waals surface area (Å²) in [6.07, 6.45) is 13.2. The highest BCUT2D eigenvalue weighted by Crippen LogP contribution is 2.43. The number of benzene rings is 1. The Morgan fingerprint density at radius 2 is 1.86 bits per heavy atom. The summed E-state index contributed by atoms with van der Waals surface area (Å²) in [4.78, 5) is 37.1. The highest BCUT2D eigenvalue weighted by Gasteiger charge is 2.47. The summed E-state index contributed by atoms with van der Waals surface area (Å²) in [5.41, 5.74) is 1.85. The summed E-state index contributed by atoms with van der Waals surface area (Å²) >= 11 is 0. The second kappa shape index (κ2) is 13.1. The van der Waals surface area contributed by atoms with Crippen LogP contribution < -0.4 is 16.0 Å². The largest absolute Gasteiger partial charge is 0.363 e.